The monoisotopic (exact) mass is 463 g/mol. The molecule has 0 aromatic heterocycles. The van der Waals surface area contributed by atoms with E-state index in [4.69, 9.17) is 5.73 Å². The van der Waals surface area contributed by atoms with Crippen LogP contribution in [0.3, 0.4) is 0 Å². The van der Waals surface area contributed by atoms with Gasteiger partial charge in [-0.25, -0.2) is 0 Å². The number of rotatable bonds is 1. The molecule has 0 heterocycles. The van der Waals surface area contributed by atoms with Gasteiger partial charge in [0.25, 0.3) is 0 Å². The van der Waals surface area contributed by atoms with Crippen molar-refractivity contribution in [1.29, 1.82) is 0 Å². The molecule has 186 valence electrons. The molecule has 0 spiro atoms. The van der Waals surface area contributed by atoms with E-state index in [1.165, 1.54) is 43.2 Å². The van der Waals surface area contributed by atoms with Crippen LogP contribution in [-0.2, 0) is 11.8 Å². The lowest BCUT2D eigenvalue weighted by atomic mass is 9.36. The number of hydrogen-bond donors (Lipinski definition) is 3. The van der Waals surface area contributed by atoms with Gasteiger partial charge in [0.2, 0.25) is 0 Å². The smallest absolute Gasteiger partial charge is 0.160 e. The molecule has 0 radical (unpaired) electrons. The molecule has 0 saturated heterocycles. The minimum Gasteiger partial charge on any atom is -0.504 e. The third kappa shape index (κ3) is 2.82. The molecule has 3 fully saturated rings. The van der Waals surface area contributed by atoms with Crippen LogP contribution in [0.4, 0.5) is 0 Å². The van der Waals surface area contributed by atoms with Gasteiger partial charge in [0.15, 0.2) is 11.5 Å². The van der Waals surface area contributed by atoms with E-state index in [-0.39, 0.29) is 33.2 Å². The second-order valence-electron chi connectivity index (χ2n) is 13.6. The molecule has 1 aromatic rings. The van der Waals surface area contributed by atoms with Crippen molar-refractivity contribution >= 4 is 0 Å². The topological polar surface area (TPSA) is 66.5 Å². The molecule has 0 bridgehead atoms. The molecule has 4 aliphatic carbocycles. The Morgan fingerprint density at radius 3 is 2.32 bits per heavy atom. The molecule has 5 rings (SSSR count). The maximum atomic E-state index is 10.5. The Hall–Kier alpha value is -1.90. The van der Waals surface area contributed by atoms with Crippen molar-refractivity contribution in [3.63, 3.8) is 0 Å². The number of benzene rings is 1. The third-order valence-corrected chi connectivity index (χ3v) is 12.2. The number of phenols is 2. The van der Waals surface area contributed by atoms with Crippen molar-refractivity contribution in [2.24, 2.45) is 33.3 Å². The standard InChI is InChI=1S/C31H45NO2/c1-19-21-8-9-25-29(5,22(21)18-23(33)26(19)34)15-17-30(6)24-10-11-27(3,20(2)32)12-13-28(24,4)14-16-31(25,30)7/h9,18,24,33-34H,2,8,10-17,32H2,1,3-7H3/t24-,27-,28+,29-,30-,31+/m0/s1. The lowest BCUT2D eigenvalue weighted by Crippen LogP contribution is -2.60. The highest BCUT2D eigenvalue weighted by molar-refractivity contribution is 5.60. The molecular formula is C31H45NO2. The van der Waals surface area contributed by atoms with Crippen LogP contribution in [0.5, 0.6) is 11.5 Å². The Labute approximate surface area is 206 Å². The summed E-state index contributed by atoms with van der Waals surface area (Å²) >= 11 is 0. The Balaban J connectivity index is 1.60. The average molecular weight is 464 g/mol. The second-order valence-corrected chi connectivity index (χ2v) is 13.6. The van der Waals surface area contributed by atoms with E-state index in [9.17, 15) is 10.2 Å². The van der Waals surface area contributed by atoms with Gasteiger partial charge in [-0.05, 0) is 110 Å². The lowest BCUT2D eigenvalue weighted by molar-refractivity contribution is -0.123. The van der Waals surface area contributed by atoms with Gasteiger partial charge in [-0.3, -0.25) is 0 Å². The summed E-state index contributed by atoms with van der Waals surface area (Å²) in [5, 5.41) is 20.9. The first-order valence-electron chi connectivity index (χ1n) is 13.4. The van der Waals surface area contributed by atoms with Crippen molar-refractivity contribution in [1.82, 2.24) is 0 Å². The second kappa shape index (κ2) is 7.08. The van der Waals surface area contributed by atoms with Crippen molar-refractivity contribution in [3.8, 4) is 11.5 Å². The van der Waals surface area contributed by atoms with Crippen molar-refractivity contribution in [2.75, 3.05) is 0 Å². The number of aromatic hydroxyl groups is 2. The minimum atomic E-state index is -0.0870. The van der Waals surface area contributed by atoms with Crippen LogP contribution < -0.4 is 5.73 Å². The predicted octanol–water partition coefficient (Wildman–Crippen LogP) is 7.42. The molecule has 0 amide bonds. The van der Waals surface area contributed by atoms with Crippen LogP contribution in [0.2, 0.25) is 0 Å². The zero-order valence-electron chi connectivity index (χ0n) is 22.3. The van der Waals surface area contributed by atoms with Crippen LogP contribution in [-0.4, -0.2) is 10.2 Å². The number of allylic oxidation sites excluding steroid dienone is 3. The lowest BCUT2D eigenvalue weighted by Gasteiger charge is -2.68. The maximum Gasteiger partial charge on any atom is 0.160 e. The van der Waals surface area contributed by atoms with Gasteiger partial charge in [-0.2, -0.15) is 0 Å². The van der Waals surface area contributed by atoms with Gasteiger partial charge in [-0.1, -0.05) is 52.8 Å². The van der Waals surface area contributed by atoms with Gasteiger partial charge >= 0.3 is 0 Å². The van der Waals surface area contributed by atoms with Gasteiger partial charge in [0.1, 0.15) is 0 Å². The minimum absolute atomic E-state index is 0.0264. The van der Waals surface area contributed by atoms with Gasteiger partial charge < -0.3 is 15.9 Å². The van der Waals surface area contributed by atoms with Gasteiger partial charge in [0.05, 0.1) is 0 Å². The number of fused-ring (bicyclic) bond motifs is 7. The molecule has 3 heteroatoms. The van der Waals surface area contributed by atoms with E-state index in [0.717, 1.165) is 36.9 Å². The van der Waals surface area contributed by atoms with Crippen molar-refractivity contribution < 1.29 is 10.2 Å². The highest BCUT2D eigenvalue weighted by atomic mass is 16.3. The highest BCUT2D eigenvalue weighted by Crippen LogP contribution is 2.73. The van der Waals surface area contributed by atoms with E-state index in [1.54, 1.807) is 5.57 Å². The normalized spacial score (nSPS) is 43.5. The Morgan fingerprint density at radius 2 is 1.65 bits per heavy atom. The van der Waals surface area contributed by atoms with Gasteiger partial charge in [0, 0.05) is 16.5 Å². The van der Waals surface area contributed by atoms with Crippen LogP contribution in [0.15, 0.2) is 30.0 Å². The average Bonchev–Trinajstić information content (AvgIpc) is 2.92. The summed E-state index contributed by atoms with van der Waals surface area (Å²) in [5.74, 6) is 0.739. The SMILES string of the molecule is C=C(N)[C@@]1(C)CC[C@H]2[C@](C)(CC1)CC[C@]1(C)C3=CCc4c(cc(O)c(O)c4C)[C@]3(C)CC[C@@]21C. The highest BCUT2D eigenvalue weighted by Gasteiger charge is 2.65. The first-order chi connectivity index (χ1) is 15.7. The van der Waals surface area contributed by atoms with Crippen molar-refractivity contribution in [2.45, 2.75) is 105 Å². The van der Waals surface area contributed by atoms with E-state index in [2.05, 4.69) is 47.3 Å². The largest absolute Gasteiger partial charge is 0.504 e. The van der Waals surface area contributed by atoms with E-state index < -0.39 is 0 Å². The number of nitrogens with two attached hydrogens (primary N) is 1. The molecule has 4 aliphatic rings. The predicted molar refractivity (Wildman–Crippen MR) is 140 cm³/mol. The zero-order chi connectivity index (χ0) is 24.9. The molecule has 34 heavy (non-hydrogen) atoms. The number of phenolic OH excluding ortho intramolecular Hbond substituents is 2. The fraction of sp³-hybridized carbons (Fsp3) is 0.677. The van der Waals surface area contributed by atoms with Crippen LogP contribution >= 0.6 is 0 Å². The van der Waals surface area contributed by atoms with Crippen LogP contribution in [0, 0.1) is 34.5 Å². The molecular weight excluding hydrogens is 418 g/mol. The quantitative estimate of drug-likeness (QED) is 0.300. The first kappa shape index (κ1) is 23.8. The van der Waals surface area contributed by atoms with E-state index in [0.29, 0.717) is 11.3 Å². The summed E-state index contributed by atoms with van der Waals surface area (Å²) in [6.07, 6.45) is 12.9. The molecule has 0 unspecified atom stereocenters. The summed E-state index contributed by atoms with van der Waals surface area (Å²) in [4.78, 5) is 0. The molecule has 4 N–H and O–H groups in total. The summed E-state index contributed by atoms with van der Waals surface area (Å²) in [6.45, 7) is 18.6. The van der Waals surface area contributed by atoms with E-state index >= 15 is 0 Å². The Morgan fingerprint density at radius 1 is 0.971 bits per heavy atom. The summed E-state index contributed by atoms with van der Waals surface area (Å²) in [6, 6.07) is 1.87. The van der Waals surface area contributed by atoms with Crippen LogP contribution in [0.25, 0.3) is 0 Å². The third-order valence-electron chi connectivity index (χ3n) is 12.2. The molecule has 3 nitrogen and oxygen atoms in total. The van der Waals surface area contributed by atoms with E-state index in [1.807, 2.05) is 13.0 Å². The van der Waals surface area contributed by atoms with Crippen LogP contribution in [0.1, 0.15) is 103 Å². The zero-order valence-corrected chi connectivity index (χ0v) is 22.3. The maximum absolute atomic E-state index is 10.5. The summed E-state index contributed by atoms with van der Waals surface area (Å²) in [5.41, 5.74) is 12.8. The Kier molecular flexibility index (Phi) is 4.96. The fourth-order valence-electron chi connectivity index (χ4n) is 9.25. The summed E-state index contributed by atoms with van der Waals surface area (Å²) < 4.78 is 0. The molecule has 6 atom stereocenters. The number of hydrogen-bond acceptors (Lipinski definition) is 3. The molecule has 3 saturated carbocycles. The first-order valence-corrected chi connectivity index (χ1v) is 13.4. The molecule has 1 aromatic carbocycles. The fourth-order valence-corrected chi connectivity index (χ4v) is 9.25. The van der Waals surface area contributed by atoms with Crippen molar-refractivity contribution in [3.05, 3.63) is 46.7 Å². The summed E-state index contributed by atoms with van der Waals surface area (Å²) in [7, 11) is 0. The Bertz CT molecular complexity index is 1100. The molecule has 0 aliphatic heterocycles. The van der Waals surface area contributed by atoms with Gasteiger partial charge in [-0.15, -0.1) is 0 Å².